The fourth-order valence-electron chi connectivity index (χ4n) is 2.93. The molecule has 0 bridgehead atoms. The van der Waals surface area contributed by atoms with Gasteiger partial charge in [0.05, 0.1) is 10.6 Å². The summed E-state index contributed by atoms with van der Waals surface area (Å²) in [4.78, 5) is 12.8. The summed E-state index contributed by atoms with van der Waals surface area (Å²) in [6.45, 7) is 2.18. The van der Waals surface area contributed by atoms with E-state index in [4.69, 9.17) is 0 Å². The van der Waals surface area contributed by atoms with E-state index in [0.717, 1.165) is 5.56 Å². The summed E-state index contributed by atoms with van der Waals surface area (Å²) < 4.78 is 27.0. The molecule has 6 nitrogen and oxygen atoms in total. The quantitative estimate of drug-likeness (QED) is 0.820. The monoisotopic (exact) mass is 360 g/mol. The van der Waals surface area contributed by atoms with Gasteiger partial charge in [0.25, 0.3) is 0 Å². The molecule has 1 aliphatic heterocycles. The number of rotatable bonds is 4. The van der Waals surface area contributed by atoms with Gasteiger partial charge < -0.3 is 10.4 Å². The maximum absolute atomic E-state index is 12.9. The van der Waals surface area contributed by atoms with Crippen LogP contribution >= 0.6 is 0 Å². The van der Waals surface area contributed by atoms with Gasteiger partial charge in [0.2, 0.25) is 15.9 Å². The van der Waals surface area contributed by atoms with E-state index in [1.807, 2.05) is 6.92 Å². The van der Waals surface area contributed by atoms with E-state index < -0.39 is 22.0 Å². The lowest BCUT2D eigenvalue weighted by atomic mass is 10.2. The minimum absolute atomic E-state index is 0.0539. The Labute approximate surface area is 147 Å². The highest BCUT2D eigenvalue weighted by atomic mass is 32.2. The third-order valence-electron chi connectivity index (χ3n) is 4.30. The van der Waals surface area contributed by atoms with Crippen LogP contribution in [0.5, 0.6) is 5.75 Å². The van der Waals surface area contributed by atoms with Crippen molar-refractivity contribution in [3.8, 4) is 5.75 Å². The third kappa shape index (κ3) is 3.52. The summed E-state index contributed by atoms with van der Waals surface area (Å²) in [5, 5.41) is 12.4. The number of carbonyl (C=O) groups excluding carboxylic acids is 1. The van der Waals surface area contributed by atoms with Crippen LogP contribution in [-0.2, 0) is 14.8 Å². The number of aromatic hydroxyl groups is 1. The zero-order chi connectivity index (χ0) is 18.0. The summed E-state index contributed by atoms with van der Waals surface area (Å²) in [5.41, 5.74) is 1.24. The highest BCUT2D eigenvalue weighted by molar-refractivity contribution is 7.89. The molecule has 2 N–H and O–H groups in total. The number of benzene rings is 2. The van der Waals surface area contributed by atoms with Crippen LogP contribution in [0.15, 0.2) is 53.4 Å². The molecule has 1 atom stereocenters. The first-order valence-electron chi connectivity index (χ1n) is 8.07. The highest BCUT2D eigenvalue weighted by Crippen LogP contribution is 2.28. The summed E-state index contributed by atoms with van der Waals surface area (Å²) in [7, 11) is -3.74. The van der Waals surface area contributed by atoms with Crippen molar-refractivity contribution in [1.82, 2.24) is 4.31 Å². The van der Waals surface area contributed by atoms with Crippen LogP contribution in [0.2, 0.25) is 0 Å². The first kappa shape index (κ1) is 17.4. The maximum atomic E-state index is 12.9. The first-order valence-corrected chi connectivity index (χ1v) is 9.51. The molecule has 0 unspecified atom stereocenters. The topological polar surface area (TPSA) is 86.7 Å². The van der Waals surface area contributed by atoms with Gasteiger partial charge in [0, 0.05) is 6.54 Å². The molecule has 7 heteroatoms. The smallest absolute Gasteiger partial charge is 0.243 e. The molecular weight excluding hydrogens is 340 g/mol. The van der Waals surface area contributed by atoms with Crippen LogP contribution in [0.3, 0.4) is 0 Å². The molecule has 1 fully saturated rings. The molecule has 2 aromatic carbocycles. The SMILES string of the molecule is Cc1ccc(S(=O)(=O)N2CCC[C@H]2C(=O)Nc2ccccc2O)cc1. The lowest BCUT2D eigenvalue weighted by Crippen LogP contribution is -2.43. The van der Waals surface area contributed by atoms with Crippen LogP contribution in [0, 0.1) is 6.92 Å². The minimum atomic E-state index is -3.74. The Morgan fingerprint density at radius 3 is 2.52 bits per heavy atom. The van der Waals surface area contributed by atoms with Gasteiger partial charge in [0.1, 0.15) is 11.8 Å². The number of carbonyl (C=O) groups is 1. The number of sulfonamides is 1. The van der Waals surface area contributed by atoms with Gasteiger partial charge in [-0.05, 0) is 44.0 Å². The van der Waals surface area contributed by atoms with Gasteiger partial charge in [-0.25, -0.2) is 8.42 Å². The van der Waals surface area contributed by atoms with Gasteiger partial charge in [-0.3, -0.25) is 4.79 Å². The molecule has 2 aromatic rings. The van der Waals surface area contributed by atoms with Crippen molar-refractivity contribution in [2.24, 2.45) is 0 Å². The van der Waals surface area contributed by atoms with Crippen molar-refractivity contribution >= 4 is 21.6 Å². The number of aryl methyl sites for hydroxylation is 1. The fraction of sp³-hybridized carbons (Fsp3) is 0.278. The molecular formula is C18H20N2O4S. The lowest BCUT2D eigenvalue weighted by molar-refractivity contribution is -0.119. The van der Waals surface area contributed by atoms with Gasteiger partial charge in [-0.15, -0.1) is 0 Å². The van der Waals surface area contributed by atoms with Crippen molar-refractivity contribution < 1.29 is 18.3 Å². The van der Waals surface area contributed by atoms with Gasteiger partial charge in [0.15, 0.2) is 0 Å². The maximum Gasteiger partial charge on any atom is 0.243 e. The molecule has 132 valence electrons. The number of amides is 1. The molecule has 1 aliphatic rings. The standard InChI is InChI=1S/C18H20N2O4S/c1-13-8-10-14(11-9-13)25(23,24)20-12-4-6-16(20)18(22)19-15-5-2-3-7-17(15)21/h2-3,5,7-11,16,21H,4,6,12H2,1H3,(H,19,22)/t16-/m0/s1. The molecule has 0 aromatic heterocycles. The van der Waals surface area contributed by atoms with E-state index in [1.165, 1.54) is 10.4 Å². The molecule has 0 radical (unpaired) electrons. The molecule has 1 amide bonds. The number of phenols is 1. The van der Waals surface area contributed by atoms with E-state index in [-0.39, 0.29) is 16.3 Å². The lowest BCUT2D eigenvalue weighted by Gasteiger charge is -2.23. The predicted molar refractivity (Wildman–Crippen MR) is 94.8 cm³/mol. The number of hydrogen-bond donors (Lipinski definition) is 2. The van der Waals surface area contributed by atoms with Gasteiger partial charge in [-0.1, -0.05) is 29.8 Å². The number of anilines is 1. The average Bonchev–Trinajstić information content (AvgIpc) is 3.08. The summed E-state index contributed by atoms with van der Waals surface area (Å²) >= 11 is 0. The number of phenolic OH excluding ortho intramolecular Hbond substituents is 1. The second kappa shape index (κ2) is 6.85. The normalized spacial score (nSPS) is 18.2. The van der Waals surface area contributed by atoms with Crippen LogP contribution in [-0.4, -0.2) is 36.3 Å². The number of nitrogens with zero attached hydrogens (tertiary/aromatic N) is 1. The van der Waals surface area contributed by atoms with Crippen molar-refractivity contribution in [2.75, 3.05) is 11.9 Å². The van der Waals surface area contributed by atoms with E-state index >= 15 is 0 Å². The average molecular weight is 360 g/mol. The largest absolute Gasteiger partial charge is 0.506 e. The van der Waals surface area contributed by atoms with E-state index in [1.54, 1.807) is 42.5 Å². The van der Waals surface area contributed by atoms with E-state index in [9.17, 15) is 18.3 Å². The highest BCUT2D eigenvalue weighted by Gasteiger charge is 2.39. The first-order chi connectivity index (χ1) is 11.9. The zero-order valence-corrected chi connectivity index (χ0v) is 14.7. The molecule has 25 heavy (non-hydrogen) atoms. The number of para-hydroxylation sites is 2. The Morgan fingerprint density at radius 1 is 1.16 bits per heavy atom. The van der Waals surface area contributed by atoms with Crippen molar-refractivity contribution in [1.29, 1.82) is 0 Å². The Kier molecular flexibility index (Phi) is 4.78. The van der Waals surface area contributed by atoms with Gasteiger partial charge in [-0.2, -0.15) is 4.31 Å². The van der Waals surface area contributed by atoms with Crippen LogP contribution in [0.25, 0.3) is 0 Å². The van der Waals surface area contributed by atoms with Crippen LogP contribution in [0.1, 0.15) is 18.4 Å². The Balaban J connectivity index is 1.83. The molecule has 0 spiro atoms. The molecule has 3 rings (SSSR count). The van der Waals surface area contributed by atoms with Crippen molar-refractivity contribution in [3.05, 3.63) is 54.1 Å². The number of hydrogen-bond acceptors (Lipinski definition) is 4. The second-order valence-electron chi connectivity index (χ2n) is 6.09. The fourth-order valence-corrected chi connectivity index (χ4v) is 4.59. The van der Waals surface area contributed by atoms with Crippen LogP contribution < -0.4 is 5.32 Å². The van der Waals surface area contributed by atoms with Crippen molar-refractivity contribution in [3.63, 3.8) is 0 Å². The zero-order valence-electron chi connectivity index (χ0n) is 13.8. The van der Waals surface area contributed by atoms with Crippen LogP contribution in [0.4, 0.5) is 5.69 Å². The Bertz CT molecular complexity index is 878. The molecule has 0 aliphatic carbocycles. The predicted octanol–water partition coefficient (Wildman–Crippen LogP) is 2.49. The summed E-state index contributed by atoms with van der Waals surface area (Å²) in [6.07, 6.45) is 1.06. The van der Waals surface area contributed by atoms with E-state index in [2.05, 4.69) is 5.32 Å². The van der Waals surface area contributed by atoms with Crippen molar-refractivity contribution in [2.45, 2.75) is 30.7 Å². The molecule has 0 saturated carbocycles. The Hall–Kier alpha value is -2.38. The second-order valence-corrected chi connectivity index (χ2v) is 7.98. The number of nitrogens with one attached hydrogen (secondary N) is 1. The molecule has 1 heterocycles. The third-order valence-corrected chi connectivity index (χ3v) is 6.22. The summed E-state index contributed by atoms with van der Waals surface area (Å²) in [5.74, 6) is -0.489. The molecule has 1 saturated heterocycles. The summed E-state index contributed by atoms with van der Waals surface area (Å²) in [6, 6.07) is 12.2. The van der Waals surface area contributed by atoms with E-state index in [0.29, 0.717) is 19.4 Å². The van der Waals surface area contributed by atoms with Gasteiger partial charge >= 0.3 is 0 Å². The Morgan fingerprint density at radius 2 is 1.84 bits per heavy atom. The minimum Gasteiger partial charge on any atom is -0.506 e.